The second kappa shape index (κ2) is 7.99. The number of carbonyl (C=O) groups excluding carboxylic acids is 2. The molecule has 1 saturated heterocycles. The molecule has 6 heteroatoms. The van der Waals surface area contributed by atoms with Crippen LogP contribution < -0.4 is 10.1 Å². The standard InChI is InChI=1S/C20H21FN2O3/c1-14-7-6-8-15(20(25)23-11-4-5-12-23)19(14)22-18(24)13-26-17-10-3-2-9-16(17)21/h2-3,6-10H,4-5,11-13H2,1H3,(H,22,24). The van der Waals surface area contributed by atoms with Crippen molar-refractivity contribution in [2.24, 2.45) is 0 Å². The van der Waals surface area contributed by atoms with E-state index in [0.717, 1.165) is 31.5 Å². The van der Waals surface area contributed by atoms with Crippen molar-refractivity contribution in [2.75, 3.05) is 25.0 Å². The second-order valence-electron chi connectivity index (χ2n) is 6.26. The van der Waals surface area contributed by atoms with Crippen molar-refractivity contribution in [2.45, 2.75) is 19.8 Å². The van der Waals surface area contributed by atoms with Gasteiger partial charge in [0.15, 0.2) is 18.2 Å². The minimum Gasteiger partial charge on any atom is -0.481 e. The topological polar surface area (TPSA) is 58.6 Å². The molecule has 2 amide bonds. The largest absolute Gasteiger partial charge is 0.481 e. The third-order valence-electron chi connectivity index (χ3n) is 4.36. The number of anilines is 1. The van der Waals surface area contributed by atoms with Crippen molar-refractivity contribution >= 4 is 17.5 Å². The highest BCUT2D eigenvalue weighted by molar-refractivity contribution is 6.04. The summed E-state index contributed by atoms with van der Waals surface area (Å²) in [4.78, 5) is 26.8. The third-order valence-corrected chi connectivity index (χ3v) is 4.36. The Kier molecular flexibility index (Phi) is 5.51. The van der Waals surface area contributed by atoms with E-state index >= 15 is 0 Å². The number of nitrogens with one attached hydrogen (secondary N) is 1. The highest BCUT2D eigenvalue weighted by Gasteiger charge is 2.23. The Bertz CT molecular complexity index is 816. The zero-order valence-corrected chi connectivity index (χ0v) is 14.6. The van der Waals surface area contributed by atoms with E-state index in [1.807, 2.05) is 13.0 Å². The maximum Gasteiger partial charge on any atom is 0.262 e. The maximum absolute atomic E-state index is 13.6. The van der Waals surface area contributed by atoms with Crippen molar-refractivity contribution < 1.29 is 18.7 Å². The minimum atomic E-state index is -0.527. The molecule has 0 saturated carbocycles. The van der Waals surface area contributed by atoms with Gasteiger partial charge in [-0.25, -0.2) is 4.39 Å². The molecule has 1 aliphatic heterocycles. The first kappa shape index (κ1) is 17.9. The minimum absolute atomic E-state index is 0.0146. The van der Waals surface area contributed by atoms with Crippen LogP contribution in [0.15, 0.2) is 42.5 Å². The number of hydrogen-bond donors (Lipinski definition) is 1. The summed E-state index contributed by atoms with van der Waals surface area (Å²) in [6.07, 6.45) is 1.99. The molecule has 2 aromatic rings. The molecule has 0 atom stereocenters. The maximum atomic E-state index is 13.6. The van der Waals surface area contributed by atoms with Crippen molar-refractivity contribution in [3.8, 4) is 5.75 Å². The van der Waals surface area contributed by atoms with Gasteiger partial charge in [-0.05, 0) is 43.5 Å². The second-order valence-corrected chi connectivity index (χ2v) is 6.26. The highest BCUT2D eigenvalue weighted by atomic mass is 19.1. The van der Waals surface area contributed by atoms with Crippen LogP contribution in [0.4, 0.5) is 10.1 Å². The summed E-state index contributed by atoms with van der Waals surface area (Å²) >= 11 is 0. The molecule has 26 heavy (non-hydrogen) atoms. The number of amides is 2. The van der Waals surface area contributed by atoms with Crippen molar-refractivity contribution in [1.29, 1.82) is 0 Å². The Hall–Kier alpha value is -2.89. The van der Waals surface area contributed by atoms with E-state index in [2.05, 4.69) is 5.32 Å². The van der Waals surface area contributed by atoms with Gasteiger partial charge in [0.2, 0.25) is 0 Å². The Labute approximate surface area is 151 Å². The number of aryl methyl sites for hydroxylation is 1. The van der Waals surface area contributed by atoms with E-state index in [1.165, 1.54) is 12.1 Å². The fourth-order valence-electron chi connectivity index (χ4n) is 2.98. The van der Waals surface area contributed by atoms with Crippen LogP contribution >= 0.6 is 0 Å². The molecule has 0 spiro atoms. The van der Waals surface area contributed by atoms with E-state index in [4.69, 9.17) is 4.74 Å². The van der Waals surface area contributed by atoms with Gasteiger partial charge in [-0.2, -0.15) is 0 Å². The summed E-state index contributed by atoms with van der Waals surface area (Å²) in [7, 11) is 0. The van der Waals surface area contributed by atoms with Crippen LogP contribution in [0.1, 0.15) is 28.8 Å². The zero-order valence-electron chi connectivity index (χ0n) is 14.6. The first-order valence-electron chi connectivity index (χ1n) is 8.62. The molecule has 1 aliphatic rings. The van der Waals surface area contributed by atoms with E-state index < -0.39 is 11.7 Å². The molecular weight excluding hydrogens is 335 g/mol. The van der Waals surface area contributed by atoms with Crippen LogP contribution in [0.5, 0.6) is 5.75 Å². The lowest BCUT2D eigenvalue weighted by Gasteiger charge is -2.19. The summed E-state index contributed by atoms with van der Waals surface area (Å²) in [5.41, 5.74) is 1.73. The summed E-state index contributed by atoms with van der Waals surface area (Å²) in [6, 6.07) is 11.2. The smallest absolute Gasteiger partial charge is 0.262 e. The lowest BCUT2D eigenvalue weighted by molar-refractivity contribution is -0.118. The molecule has 1 heterocycles. The summed E-state index contributed by atoms with van der Waals surface area (Å²) in [5.74, 6) is -1.04. The number of nitrogens with zero attached hydrogens (tertiary/aromatic N) is 1. The Balaban J connectivity index is 1.71. The van der Waals surface area contributed by atoms with Crippen LogP contribution in [-0.2, 0) is 4.79 Å². The summed E-state index contributed by atoms with van der Waals surface area (Å²) < 4.78 is 18.8. The van der Waals surface area contributed by atoms with Crippen LogP contribution in [0.3, 0.4) is 0 Å². The average molecular weight is 356 g/mol. The van der Waals surface area contributed by atoms with Gasteiger partial charge in [0.05, 0.1) is 11.3 Å². The Morgan fingerprint density at radius 1 is 1.12 bits per heavy atom. The first-order chi connectivity index (χ1) is 12.6. The molecule has 0 radical (unpaired) electrons. The lowest BCUT2D eigenvalue weighted by atomic mass is 10.1. The molecule has 5 nitrogen and oxygen atoms in total. The molecular formula is C20H21FN2O3. The SMILES string of the molecule is Cc1cccc(C(=O)N2CCCC2)c1NC(=O)COc1ccccc1F. The summed E-state index contributed by atoms with van der Waals surface area (Å²) in [6.45, 7) is 2.95. The predicted molar refractivity (Wildman–Crippen MR) is 96.8 cm³/mol. The number of rotatable bonds is 5. The number of halogens is 1. The van der Waals surface area contributed by atoms with Crippen LogP contribution in [0, 0.1) is 12.7 Å². The van der Waals surface area contributed by atoms with Gasteiger partial charge in [0.1, 0.15) is 0 Å². The molecule has 0 unspecified atom stereocenters. The van der Waals surface area contributed by atoms with Gasteiger partial charge < -0.3 is 15.0 Å². The van der Waals surface area contributed by atoms with E-state index in [-0.39, 0.29) is 18.3 Å². The Morgan fingerprint density at radius 2 is 1.85 bits per heavy atom. The number of ether oxygens (including phenoxy) is 1. The molecule has 0 aliphatic carbocycles. The zero-order chi connectivity index (χ0) is 18.5. The molecule has 0 bridgehead atoms. The summed E-state index contributed by atoms with van der Waals surface area (Å²) in [5, 5.41) is 2.74. The fraction of sp³-hybridized carbons (Fsp3) is 0.300. The van der Waals surface area contributed by atoms with E-state index in [9.17, 15) is 14.0 Å². The quantitative estimate of drug-likeness (QED) is 0.893. The monoisotopic (exact) mass is 356 g/mol. The number of carbonyl (C=O) groups is 2. The normalized spacial score (nSPS) is 13.5. The first-order valence-corrected chi connectivity index (χ1v) is 8.62. The average Bonchev–Trinajstić information content (AvgIpc) is 3.17. The lowest BCUT2D eigenvalue weighted by Crippen LogP contribution is -2.29. The number of hydrogen-bond acceptors (Lipinski definition) is 3. The van der Waals surface area contributed by atoms with Crippen molar-refractivity contribution in [3.63, 3.8) is 0 Å². The molecule has 3 rings (SSSR count). The molecule has 1 fully saturated rings. The van der Waals surface area contributed by atoms with Crippen LogP contribution in [0.2, 0.25) is 0 Å². The van der Waals surface area contributed by atoms with Gasteiger partial charge in [-0.1, -0.05) is 24.3 Å². The van der Waals surface area contributed by atoms with Gasteiger partial charge in [0.25, 0.3) is 11.8 Å². The van der Waals surface area contributed by atoms with Crippen LogP contribution in [0.25, 0.3) is 0 Å². The van der Waals surface area contributed by atoms with E-state index in [1.54, 1.807) is 29.2 Å². The highest BCUT2D eigenvalue weighted by Crippen LogP contribution is 2.24. The predicted octanol–water partition coefficient (Wildman–Crippen LogP) is 3.39. The number of benzene rings is 2. The third kappa shape index (κ3) is 4.02. The number of likely N-dealkylation sites (tertiary alicyclic amines) is 1. The van der Waals surface area contributed by atoms with Gasteiger partial charge in [-0.3, -0.25) is 9.59 Å². The van der Waals surface area contributed by atoms with Gasteiger partial charge in [-0.15, -0.1) is 0 Å². The van der Waals surface area contributed by atoms with Crippen molar-refractivity contribution in [3.05, 3.63) is 59.4 Å². The molecule has 1 N–H and O–H groups in total. The molecule has 0 aromatic heterocycles. The Morgan fingerprint density at radius 3 is 2.58 bits per heavy atom. The fourth-order valence-corrected chi connectivity index (χ4v) is 2.98. The van der Waals surface area contributed by atoms with Gasteiger partial charge in [0, 0.05) is 13.1 Å². The van der Waals surface area contributed by atoms with Crippen molar-refractivity contribution in [1.82, 2.24) is 4.90 Å². The van der Waals surface area contributed by atoms with E-state index in [0.29, 0.717) is 11.3 Å². The molecule has 136 valence electrons. The molecule has 2 aromatic carbocycles. The number of para-hydroxylation sites is 2. The van der Waals surface area contributed by atoms with Crippen LogP contribution in [-0.4, -0.2) is 36.4 Å². The van der Waals surface area contributed by atoms with Gasteiger partial charge >= 0.3 is 0 Å².